The van der Waals surface area contributed by atoms with Crippen LogP contribution in [0, 0.1) is 0 Å². The number of amides is 1. The zero-order valence-electron chi connectivity index (χ0n) is 23.8. The molecule has 6 rings (SSSR count). The fourth-order valence-corrected chi connectivity index (χ4v) is 7.32. The van der Waals surface area contributed by atoms with Crippen LogP contribution in [0.4, 0.5) is 11.8 Å². The Balaban J connectivity index is 1.13. The van der Waals surface area contributed by atoms with Crippen molar-refractivity contribution in [3.63, 3.8) is 0 Å². The number of piperidine rings is 1. The molecule has 5 heterocycles. The molecule has 1 aromatic carbocycles. The molecule has 2 aromatic heterocycles. The van der Waals surface area contributed by atoms with Crippen molar-refractivity contribution in [1.82, 2.24) is 20.3 Å². The molecule has 0 aliphatic carbocycles. The third kappa shape index (κ3) is 6.19. The first-order valence-corrected chi connectivity index (χ1v) is 15.9. The van der Waals surface area contributed by atoms with Crippen molar-refractivity contribution >= 4 is 28.8 Å². The summed E-state index contributed by atoms with van der Waals surface area (Å²) in [4.78, 5) is 30.1. The van der Waals surface area contributed by atoms with Crippen LogP contribution in [0.25, 0.3) is 0 Å². The SMILES string of the molecule is CC(C)(NC(=O)c1cccc(C2CCN(c3nc4c(c(NC5CCOCC5)n3)[S+]([O-])CC4)CC2)c1)c1ccncc1. The van der Waals surface area contributed by atoms with Crippen molar-refractivity contribution in [2.24, 2.45) is 0 Å². The number of nitrogens with one attached hydrogen (secondary N) is 2. The summed E-state index contributed by atoms with van der Waals surface area (Å²) in [7, 11) is 0. The number of fused-ring (bicyclic) bond motifs is 1. The molecule has 2 fully saturated rings. The van der Waals surface area contributed by atoms with E-state index in [2.05, 4.69) is 26.6 Å². The van der Waals surface area contributed by atoms with E-state index in [0.717, 1.165) is 86.3 Å². The number of hydrogen-bond donors (Lipinski definition) is 2. The molecule has 10 heteroatoms. The molecule has 0 bridgehead atoms. The summed E-state index contributed by atoms with van der Waals surface area (Å²) < 4.78 is 18.3. The summed E-state index contributed by atoms with van der Waals surface area (Å²) in [5.41, 5.74) is 3.27. The first-order valence-electron chi connectivity index (χ1n) is 14.6. The Morgan fingerprint density at radius 3 is 2.59 bits per heavy atom. The molecule has 3 aromatic rings. The lowest BCUT2D eigenvalue weighted by Crippen LogP contribution is -2.41. The monoisotopic (exact) mass is 574 g/mol. The molecule has 3 aliphatic heterocycles. The van der Waals surface area contributed by atoms with Gasteiger partial charge in [-0.05, 0) is 92.0 Å². The largest absolute Gasteiger partial charge is 0.611 e. The summed E-state index contributed by atoms with van der Waals surface area (Å²) in [6, 6.07) is 12.2. The second kappa shape index (κ2) is 12.0. The summed E-state index contributed by atoms with van der Waals surface area (Å²) in [5.74, 6) is 2.35. The number of nitrogens with zero attached hydrogens (tertiary/aromatic N) is 4. The summed E-state index contributed by atoms with van der Waals surface area (Å²) >= 11 is -1.05. The highest BCUT2D eigenvalue weighted by Gasteiger charge is 2.34. The van der Waals surface area contributed by atoms with Gasteiger partial charge in [0.25, 0.3) is 5.91 Å². The van der Waals surface area contributed by atoms with Crippen LogP contribution in [0.1, 0.15) is 72.6 Å². The molecule has 0 spiro atoms. The minimum absolute atomic E-state index is 0.0837. The van der Waals surface area contributed by atoms with E-state index in [1.54, 1.807) is 12.4 Å². The maximum absolute atomic E-state index is 13.2. The van der Waals surface area contributed by atoms with E-state index in [4.69, 9.17) is 14.7 Å². The number of carbonyl (C=O) groups is 1. The number of anilines is 2. The maximum atomic E-state index is 13.2. The maximum Gasteiger partial charge on any atom is 0.251 e. The molecule has 9 nitrogen and oxygen atoms in total. The van der Waals surface area contributed by atoms with E-state index in [9.17, 15) is 9.35 Å². The molecule has 3 aliphatic rings. The second-order valence-corrected chi connectivity index (χ2v) is 13.2. The van der Waals surface area contributed by atoms with Crippen molar-refractivity contribution in [3.8, 4) is 0 Å². The Bertz CT molecular complexity index is 1370. The van der Waals surface area contributed by atoms with Gasteiger partial charge in [0.2, 0.25) is 10.8 Å². The number of aromatic nitrogens is 3. The smallest absolute Gasteiger partial charge is 0.251 e. The Hall–Kier alpha value is -3.21. The number of aryl methyl sites for hydroxylation is 1. The van der Waals surface area contributed by atoms with Crippen LogP contribution in [0.2, 0.25) is 0 Å². The minimum atomic E-state index is -1.05. The molecule has 2 saturated heterocycles. The van der Waals surface area contributed by atoms with Gasteiger partial charge in [-0.2, -0.15) is 4.98 Å². The van der Waals surface area contributed by atoms with Gasteiger partial charge in [-0.3, -0.25) is 9.78 Å². The van der Waals surface area contributed by atoms with Crippen molar-refractivity contribution in [2.75, 3.05) is 42.3 Å². The average Bonchev–Trinajstić information content (AvgIpc) is 3.38. The molecule has 216 valence electrons. The molecule has 2 N–H and O–H groups in total. The van der Waals surface area contributed by atoms with E-state index in [0.29, 0.717) is 17.2 Å². The van der Waals surface area contributed by atoms with Crippen LogP contribution in [0.15, 0.2) is 53.7 Å². The zero-order valence-corrected chi connectivity index (χ0v) is 24.6. The molecule has 1 atom stereocenters. The van der Waals surface area contributed by atoms with Crippen LogP contribution in [-0.4, -0.2) is 63.5 Å². The van der Waals surface area contributed by atoms with Gasteiger partial charge in [-0.1, -0.05) is 12.1 Å². The van der Waals surface area contributed by atoms with Crippen LogP contribution in [0.5, 0.6) is 0 Å². The highest BCUT2D eigenvalue weighted by atomic mass is 32.2. The van der Waals surface area contributed by atoms with Gasteiger partial charge in [0.15, 0.2) is 5.82 Å². The van der Waals surface area contributed by atoms with Gasteiger partial charge in [0.1, 0.15) is 11.4 Å². The van der Waals surface area contributed by atoms with Gasteiger partial charge < -0.3 is 24.8 Å². The number of benzene rings is 1. The highest BCUT2D eigenvalue weighted by molar-refractivity contribution is 7.91. The van der Waals surface area contributed by atoms with E-state index in [1.807, 2.05) is 44.2 Å². The third-order valence-electron chi connectivity index (χ3n) is 8.46. The van der Waals surface area contributed by atoms with Crippen molar-refractivity contribution in [1.29, 1.82) is 0 Å². The van der Waals surface area contributed by atoms with Gasteiger partial charge in [-0.15, -0.1) is 0 Å². The summed E-state index contributed by atoms with van der Waals surface area (Å²) in [6.07, 6.45) is 7.95. The highest BCUT2D eigenvalue weighted by Crippen LogP contribution is 2.35. The molecule has 1 unspecified atom stereocenters. The molecular weight excluding hydrogens is 536 g/mol. The second-order valence-electron chi connectivity index (χ2n) is 11.7. The van der Waals surface area contributed by atoms with Crippen molar-refractivity contribution in [2.45, 2.75) is 68.3 Å². The molecule has 0 radical (unpaired) electrons. The fourth-order valence-electron chi connectivity index (χ4n) is 6.00. The van der Waals surface area contributed by atoms with E-state index in [1.165, 1.54) is 5.56 Å². The number of pyridine rings is 1. The summed E-state index contributed by atoms with van der Waals surface area (Å²) in [5, 5.41) is 6.76. The number of ether oxygens (including phenoxy) is 1. The predicted octanol–water partition coefficient (Wildman–Crippen LogP) is 4.18. The van der Waals surface area contributed by atoms with Crippen LogP contribution in [-0.2, 0) is 27.9 Å². The van der Waals surface area contributed by atoms with E-state index < -0.39 is 16.7 Å². The number of hydrogen-bond acceptors (Lipinski definition) is 8. The molecule has 0 saturated carbocycles. The Kier molecular flexibility index (Phi) is 8.14. The average molecular weight is 575 g/mol. The van der Waals surface area contributed by atoms with Crippen molar-refractivity contribution < 1.29 is 14.1 Å². The topological polar surface area (TPSA) is 115 Å². The predicted molar refractivity (Wildman–Crippen MR) is 160 cm³/mol. The van der Waals surface area contributed by atoms with Gasteiger partial charge in [0, 0.05) is 56.7 Å². The minimum Gasteiger partial charge on any atom is -0.611 e. The Morgan fingerprint density at radius 2 is 1.83 bits per heavy atom. The Labute approximate surface area is 244 Å². The van der Waals surface area contributed by atoms with Gasteiger partial charge >= 0.3 is 0 Å². The van der Waals surface area contributed by atoms with E-state index >= 15 is 0 Å². The fraction of sp³-hybridized carbons (Fsp3) is 0.484. The Morgan fingerprint density at radius 1 is 1.07 bits per heavy atom. The standard InChI is InChI=1S/C31H38N6O3S/c1-31(2,24-6-13-32-14-7-24)36-29(38)23-5-3-4-22(20-23)21-8-15-37(16-9-21)30-34-26-12-19-41(39)27(26)28(35-30)33-25-10-17-40-18-11-25/h3-7,13-14,20-21,25H,8-12,15-19H2,1-2H3,(H,36,38)(H,33,34,35). The quantitative estimate of drug-likeness (QED) is 0.404. The number of carbonyl (C=O) groups excluding carboxylic acids is 1. The van der Waals surface area contributed by atoms with E-state index in [-0.39, 0.29) is 11.9 Å². The van der Waals surface area contributed by atoms with Gasteiger partial charge in [-0.25, -0.2) is 4.98 Å². The lowest BCUT2D eigenvalue weighted by molar-refractivity contribution is 0.0902. The summed E-state index contributed by atoms with van der Waals surface area (Å²) in [6.45, 7) is 7.13. The van der Waals surface area contributed by atoms with Crippen molar-refractivity contribution in [3.05, 3.63) is 71.2 Å². The first-order chi connectivity index (χ1) is 19.9. The molecular formula is C31H38N6O3S. The zero-order chi connectivity index (χ0) is 28.4. The van der Waals surface area contributed by atoms with Crippen LogP contribution < -0.4 is 15.5 Å². The molecule has 41 heavy (non-hydrogen) atoms. The lowest BCUT2D eigenvalue weighted by Gasteiger charge is -2.33. The van der Waals surface area contributed by atoms with Crippen LogP contribution >= 0.6 is 0 Å². The first kappa shape index (κ1) is 27.9. The number of rotatable bonds is 7. The lowest BCUT2D eigenvalue weighted by atomic mass is 9.88. The van der Waals surface area contributed by atoms with Crippen LogP contribution in [0.3, 0.4) is 0 Å². The normalized spacial score (nSPS) is 20.1. The van der Waals surface area contributed by atoms with Gasteiger partial charge in [0.05, 0.1) is 5.54 Å². The molecule has 1 amide bonds. The third-order valence-corrected chi connectivity index (χ3v) is 9.92.